The average molecular weight is 246 g/mol. The monoisotopic (exact) mass is 246 g/mol. The second kappa shape index (κ2) is 5.28. The molecule has 0 spiro atoms. The molecule has 0 unspecified atom stereocenters. The molecule has 1 heterocycles. The van der Waals surface area contributed by atoms with Crippen LogP contribution in [-0.2, 0) is 0 Å². The summed E-state index contributed by atoms with van der Waals surface area (Å²) in [4.78, 5) is 10.7. The quantitative estimate of drug-likeness (QED) is 0.451. The number of aromatic carboxylic acids is 1. The van der Waals surface area contributed by atoms with Crippen molar-refractivity contribution in [3.8, 4) is 0 Å². The average Bonchev–Trinajstić information content (AvgIpc) is 2.68. The van der Waals surface area contributed by atoms with Gasteiger partial charge in [0, 0.05) is 0 Å². The number of carbonyl (C=O) groups is 1. The van der Waals surface area contributed by atoms with Crippen LogP contribution in [0.3, 0.4) is 0 Å². The van der Waals surface area contributed by atoms with E-state index in [4.69, 9.17) is 19.7 Å². The lowest BCUT2D eigenvalue weighted by Crippen LogP contribution is -2.34. The van der Waals surface area contributed by atoms with Crippen LogP contribution in [-0.4, -0.2) is 50.3 Å². The number of rotatable bonds is 5. The predicted octanol–water partition coefficient (Wildman–Crippen LogP) is -0.966. The zero-order valence-electron chi connectivity index (χ0n) is 9.07. The minimum Gasteiger partial charge on any atom is -0.478 e. The summed E-state index contributed by atoms with van der Waals surface area (Å²) in [6.45, 7) is 0.665. The maximum Gasteiger partial charge on any atom is 0.339 e. The zero-order chi connectivity index (χ0) is 13.2. The van der Waals surface area contributed by atoms with Crippen LogP contribution < -0.4 is 0 Å². The third-order valence-corrected chi connectivity index (χ3v) is 2.36. The fraction of sp³-hybridized carbons (Fsp3) is 0.500. The minimum absolute atomic E-state index is 0.0808. The molecule has 5 N–H and O–H groups in total. The Morgan fingerprint density at radius 1 is 1.41 bits per heavy atom. The molecule has 0 aliphatic rings. The van der Waals surface area contributed by atoms with Crippen molar-refractivity contribution in [1.82, 2.24) is 0 Å². The van der Waals surface area contributed by atoms with E-state index >= 15 is 0 Å². The van der Waals surface area contributed by atoms with Gasteiger partial charge in [0.2, 0.25) is 0 Å². The summed E-state index contributed by atoms with van der Waals surface area (Å²) in [5, 5.41) is 45.5. The smallest absolute Gasteiger partial charge is 0.339 e. The number of aryl methyl sites for hydroxylation is 1. The molecule has 1 aromatic rings. The van der Waals surface area contributed by atoms with Crippen molar-refractivity contribution in [1.29, 1.82) is 0 Å². The van der Waals surface area contributed by atoms with Gasteiger partial charge in [-0.05, 0) is 13.0 Å². The van der Waals surface area contributed by atoms with Crippen molar-refractivity contribution in [2.75, 3.05) is 6.61 Å². The van der Waals surface area contributed by atoms with Crippen molar-refractivity contribution in [3.05, 3.63) is 23.2 Å². The van der Waals surface area contributed by atoms with Crippen molar-refractivity contribution in [3.63, 3.8) is 0 Å². The van der Waals surface area contributed by atoms with Crippen molar-refractivity contribution >= 4 is 5.97 Å². The molecule has 0 aromatic carbocycles. The minimum atomic E-state index is -1.66. The highest BCUT2D eigenvalue weighted by Crippen LogP contribution is 2.24. The van der Waals surface area contributed by atoms with Crippen LogP contribution in [0.2, 0.25) is 0 Å². The first-order valence-electron chi connectivity index (χ1n) is 4.87. The molecule has 0 aliphatic carbocycles. The topological polar surface area (TPSA) is 131 Å². The molecule has 1 aromatic heterocycles. The number of carboxylic acids is 1. The van der Waals surface area contributed by atoms with Crippen LogP contribution in [0, 0.1) is 6.92 Å². The molecule has 0 amide bonds. The van der Waals surface area contributed by atoms with E-state index in [9.17, 15) is 15.0 Å². The molecule has 1 rings (SSSR count). The van der Waals surface area contributed by atoms with Gasteiger partial charge >= 0.3 is 5.97 Å². The Balaban J connectivity index is 2.93. The van der Waals surface area contributed by atoms with Crippen molar-refractivity contribution in [2.45, 2.75) is 25.2 Å². The van der Waals surface area contributed by atoms with E-state index in [-0.39, 0.29) is 17.1 Å². The van der Waals surface area contributed by atoms with Gasteiger partial charge in [-0.1, -0.05) is 0 Å². The molecule has 3 atom stereocenters. The Morgan fingerprint density at radius 2 is 2.00 bits per heavy atom. The normalized spacial score (nSPS) is 16.5. The summed E-state index contributed by atoms with van der Waals surface area (Å²) in [5.74, 6) is -1.32. The molecule has 0 radical (unpaired) electrons. The van der Waals surface area contributed by atoms with E-state index in [1.165, 1.54) is 6.92 Å². The van der Waals surface area contributed by atoms with Gasteiger partial charge in [0.15, 0.2) is 0 Å². The third kappa shape index (κ3) is 2.83. The van der Waals surface area contributed by atoms with E-state index in [1.54, 1.807) is 0 Å². The van der Waals surface area contributed by atoms with Gasteiger partial charge in [-0.15, -0.1) is 0 Å². The zero-order valence-corrected chi connectivity index (χ0v) is 9.07. The fourth-order valence-corrected chi connectivity index (χ4v) is 1.35. The number of hydrogen-bond donors (Lipinski definition) is 5. The van der Waals surface area contributed by atoms with Gasteiger partial charge < -0.3 is 29.9 Å². The van der Waals surface area contributed by atoms with Crippen LogP contribution >= 0.6 is 0 Å². The number of carboxylic acid groups (broad SMARTS) is 1. The molecule has 7 nitrogen and oxygen atoms in total. The highest BCUT2D eigenvalue weighted by atomic mass is 16.4. The first-order valence-corrected chi connectivity index (χ1v) is 4.87. The number of hydrogen-bond acceptors (Lipinski definition) is 6. The maximum atomic E-state index is 10.7. The predicted molar refractivity (Wildman–Crippen MR) is 54.5 cm³/mol. The van der Waals surface area contributed by atoms with E-state index in [0.29, 0.717) is 0 Å². The Hall–Kier alpha value is -1.41. The van der Waals surface area contributed by atoms with Crippen molar-refractivity contribution < 1.29 is 34.7 Å². The van der Waals surface area contributed by atoms with Gasteiger partial charge in [-0.2, -0.15) is 0 Å². The number of furan rings is 1. The lowest BCUT2D eigenvalue weighted by atomic mass is 10.1. The first kappa shape index (κ1) is 13.7. The van der Waals surface area contributed by atoms with Gasteiger partial charge in [0.1, 0.15) is 35.4 Å². The van der Waals surface area contributed by atoms with Gasteiger partial charge in [-0.3, -0.25) is 0 Å². The standard InChI is InChI=1S/C10H14O7/c1-4-5(10(15)16)2-7(17-4)9(14)8(13)6(12)3-11/h2,6,8-9,11-14H,3H2,1H3,(H,15,16)/t6-,8-,9-/m0/s1. The lowest BCUT2D eigenvalue weighted by molar-refractivity contribution is -0.0837. The Bertz CT molecular complexity index is 397. The highest BCUT2D eigenvalue weighted by Gasteiger charge is 2.29. The van der Waals surface area contributed by atoms with E-state index in [2.05, 4.69) is 0 Å². The molecular weight excluding hydrogens is 232 g/mol. The maximum absolute atomic E-state index is 10.7. The molecule has 0 aliphatic heterocycles. The number of aliphatic hydroxyl groups is 4. The highest BCUT2D eigenvalue weighted by molar-refractivity contribution is 5.88. The SMILES string of the molecule is Cc1oc([C@H](O)[C@@H](O)[C@@H](O)CO)cc1C(=O)O. The van der Waals surface area contributed by atoms with Crippen LogP contribution in [0.5, 0.6) is 0 Å². The van der Waals surface area contributed by atoms with Gasteiger partial charge in [-0.25, -0.2) is 4.79 Å². The van der Waals surface area contributed by atoms with Crippen LogP contribution in [0.25, 0.3) is 0 Å². The molecule has 96 valence electrons. The second-order valence-corrected chi connectivity index (χ2v) is 3.61. The summed E-state index contributed by atoms with van der Waals surface area (Å²) in [5.41, 5.74) is -0.135. The van der Waals surface area contributed by atoms with Crippen LogP contribution in [0.15, 0.2) is 10.5 Å². The second-order valence-electron chi connectivity index (χ2n) is 3.61. The fourth-order valence-electron chi connectivity index (χ4n) is 1.35. The summed E-state index contributed by atoms with van der Waals surface area (Å²) >= 11 is 0. The molecular formula is C10H14O7. The molecule has 0 bridgehead atoms. The molecule has 0 fully saturated rings. The summed E-state index contributed by atoms with van der Waals surface area (Å²) < 4.78 is 4.97. The lowest BCUT2D eigenvalue weighted by Gasteiger charge is -2.19. The first-order chi connectivity index (χ1) is 7.88. The third-order valence-electron chi connectivity index (χ3n) is 2.36. The van der Waals surface area contributed by atoms with Crippen LogP contribution in [0.4, 0.5) is 0 Å². The Morgan fingerprint density at radius 3 is 2.41 bits per heavy atom. The molecule has 0 saturated carbocycles. The Kier molecular flexibility index (Phi) is 4.24. The van der Waals surface area contributed by atoms with E-state index in [1.807, 2.05) is 0 Å². The largest absolute Gasteiger partial charge is 0.478 e. The number of aliphatic hydroxyl groups excluding tert-OH is 4. The van der Waals surface area contributed by atoms with Crippen molar-refractivity contribution in [2.24, 2.45) is 0 Å². The molecule has 0 saturated heterocycles. The van der Waals surface area contributed by atoms with Gasteiger partial charge in [0.25, 0.3) is 0 Å². The van der Waals surface area contributed by atoms with Gasteiger partial charge in [0.05, 0.1) is 6.61 Å². The van der Waals surface area contributed by atoms with Crippen LogP contribution in [0.1, 0.15) is 28.0 Å². The summed E-state index contributed by atoms with van der Waals surface area (Å²) in [6, 6.07) is 1.07. The summed E-state index contributed by atoms with van der Waals surface area (Å²) in [7, 11) is 0. The van der Waals surface area contributed by atoms with E-state index < -0.39 is 30.9 Å². The Labute approximate surface area is 96.5 Å². The van der Waals surface area contributed by atoms with E-state index in [0.717, 1.165) is 6.07 Å². The molecule has 17 heavy (non-hydrogen) atoms. The molecule has 7 heteroatoms. The summed E-state index contributed by atoms with van der Waals surface area (Å²) in [6.07, 6.45) is -4.81.